The summed E-state index contributed by atoms with van der Waals surface area (Å²) in [5.41, 5.74) is 1.91. The van der Waals surface area contributed by atoms with Crippen LogP contribution in [0.25, 0.3) is 0 Å². The van der Waals surface area contributed by atoms with E-state index in [2.05, 4.69) is 16.3 Å². The quantitative estimate of drug-likeness (QED) is 0.876. The molecule has 1 unspecified atom stereocenters. The molecule has 1 saturated heterocycles. The van der Waals surface area contributed by atoms with E-state index in [0.717, 1.165) is 36.2 Å². The van der Waals surface area contributed by atoms with Gasteiger partial charge in [-0.25, -0.2) is 0 Å². The SMILES string of the molecule is N#Cc1ccccc1CNCC1CCN(C2CC2)C1. The third-order valence-corrected chi connectivity index (χ3v) is 4.27. The van der Waals surface area contributed by atoms with Crippen LogP contribution in [0.2, 0.25) is 0 Å². The van der Waals surface area contributed by atoms with Crippen molar-refractivity contribution in [2.45, 2.75) is 31.8 Å². The second-order valence-electron chi connectivity index (χ2n) is 5.78. The minimum absolute atomic E-state index is 0.787. The summed E-state index contributed by atoms with van der Waals surface area (Å²) in [6.45, 7) is 4.43. The fourth-order valence-corrected chi connectivity index (χ4v) is 3.00. The van der Waals surface area contributed by atoms with Gasteiger partial charge in [0.25, 0.3) is 0 Å². The van der Waals surface area contributed by atoms with Crippen molar-refractivity contribution in [3.63, 3.8) is 0 Å². The Kier molecular flexibility index (Phi) is 3.82. The molecule has 0 radical (unpaired) electrons. The number of nitriles is 1. The van der Waals surface area contributed by atoms with Gasteiger partial charge in [0, 0.05) is 19.1 Å². The Morgan fingerprint density at radius 2 is 2.11 bits per heavy atom. The molecule has 100 valence electrons. The molecule has 1 aliphatic heterocycles. The molecule has 1 aromatic carbocycles. The van der Waals surface area contributed by atoms with Crippen molar-refractivity contribution in [1.29, 1.82) is 5.26 Å². The van der Waals surface area contributed by atoms with Crippen LogP contribution in [-0.2, 0) is 6.54 Å². The zero-order chi connectivity index (χ0) is 13.1. The Bertz CT molecular complexity index is 473. The monoisotopic (exact) mass is 255 g/mol. The fourth-order valence-electron chi connectivity index (χ4n) is 3.00. The molecule has 3 nitrogen and oxygen atoms in total. The summed E-state index contributed by atoms with van der Waals surface area (Å²) in [6, 6.07) is 11.0. The Hall–Kier alpha value is -1.37. The molecule has 1 aromatic rings. The summed E-state index contributed by atoms with van der Waals surface area (Å²) in [6.07, 6.45) is 4.15. The number of benzene rings is 1. The van der Waals surface area contributed by atoms with Gasteiger partial charge >= 0.3 is 0 Å². The topological polar surface area (TPSA) is 39.1 Å². The van der Waals surface area contributed by atoms with Crippen molar-refractivity contribution in [3.05, 3.63) is 35.4 Å². The molecule has 3 rings (SSSR count). The lowest BCUT2D eigenvalue weighted by atomic mass is 10.1. The molecule has 19 heavy (non-hydrogen) atoms. The van der Waals surface area contributed by atoms with Gasteiger partial charge in [0.15, 0.2) is 0 Å². The van der Waals surface area contributed by atoms with Crippen LogP contribution in [0, 0.1) is 17.2 Å². The van der Waals surface area contributed by atoms with Crippen molar-refractivity contribution < 1.29 is 0 Å². The highest BCUT2D eigenvalue weighted by atomic mass is 15.2. The van der Waals surface area contributed by atoms with E-state index in [1.54, 1.807) is 0 Å². The molecule has 0 bridgehead atoms. The lowest BCUT2D eigenvalue weighted by molar-refractivity contribution is 0.312. The normalized spacial score (nSPS) is 23.4. The third-order valence-electron chi connectivity index (χ3n) is 4.27. The molecule has 0 amide bonds. The molecule has 0 aromatic heterocycles. The highest BCUT2D eigenvalue weighted by molar-refractivity contribution is 5.37. The lowest BCUT2D eigenvalue weighted by Gasteiger charge is -2.15. The summed E-state index contributed by atoms with van der Waals surface area (Å²) >= 11 is 0. The molecular weight excluding hydrogens is 234 g/mol. The van der Waals surface area contributed by atoms with E-state index in [-0.39, 0.29) is 0 Å². The van der Waals surface area contributed by atoms with Crippen LogP contribution in [0.3, 0.4) is 0 Å². The standard InChI is InChI=1S/C16H21N3/c17-9-14-3-1-2-4-15(14)11-18-10-13-7-8-19(12-13)16-5-6-16/h1-4,13,16,18H,5-8,10-12H2. The Balaban J connectivity index is 1.44. The van der Waals surface area contributed by atoms with Gasteiger partial charge in [-0.2, -0.15) is 5.26 Å². The van der Waals surface area contributed by atoms with Gasteiger partial charge in [-0.3, -0.25) is 0 Å². The molecule has 1 heterocycles. The number of hydrogen-bond acceptors (Lipinski definition) is 3. The molecule has 2 aliphatic rings. The molecular formula is C16H21N3. The van der Waals surface area contributed by atoms with E-state index in [9.17, 15) is 0 Å². The van der Waals surface area contributed by atoms with Crippen molar-refractivity contribution >= 4 is 0 Å². The smallest absolute Gasteiger partial charge is 0.0995 e. The fraction of sp³-hybridized carbons (Fsp3) is 0.562. The van der Waals surface area contributed by atoms with Crippen LogP contribution in [0.5, 0.6) is 0 Å². The number of hydrogen-bond donors (Lipinski definition) is 1. The largest absolute Gasteiger partial charge is 0.312 e. The van der Waals surface area contributed by atoms with E-state index in [4.69, 9.17) is 5.26 Å². The molecule has 1 atom stereocenters. The Labute approximate surface area is 115 Å². The van der Waals surface area contributed by atoms with Crippen LogP contribution in [0.15, 0.2) is 24.3 Å². The number of nitrogens with zero attached hydrogens (tertiary/aromatic N) is 2. The van der Waals surface area contributed by atoms with Gasteiger partial charge in [-0.1, -0.05) is 18.2 Å². The number of rotatable bonds is 5. The van der Waals surface area contributed by atoms with Crippen molar-refractivity contribution in [2.75, 3.05) is 19.6 Å². The van der Waals surface area contributed by atoms with E-state index in [1.165, 1.54) is 32.4 Å². The summed E-state index contributed by atoms with van der Waals surface area (Å²) < 4.78 is 0. The second-order valence-corrected chi connectivity index (χ2v) is 5.78. The maximum atomic E-state index is 9.05. The van der Waals surface area contributed by atoms with Crippen molar-refractivity contribution in [3.8, 4) is 6.07 Å². The Morgan fingerprint density at radius 3 is 2.89 bits per heavy atom. The van der Waals surface area contributed by atoms with E-state index < -0.39 is 0 Å². The molecule has 2 fully saturated rings. The molecule has 3 heteroatoms. The molecule has 0 spiro atoms. The van der Waals surface area contributed by atoms with Gasteiger partial charge in [0.1, 0.15) is 0 Å². The van der Waals surface area contributed by atoms with Gasteiger partial charge in [-0.15, -0.1) is 0 Å². The summed E-state index contributed by atoms with van der Waals surface area (Å²) in [5, 5.41) is 12.6. The highest BCUT2D eigenvalue weighted by Crippen LogP contribution is 2.31. The van der Waals surface area contributed by atoms with Crippen LogP contribution in [0.1, 0.15) is 30.4 Å². The maximum Gasteiger partial charge on any atom is 0.0995 e. The first-order valence-corrected chi connectivity index (χ1v) is 7.29. The maximum absolute atomic E-state index is 9.05. The van der Waals surface area contributed by atoms with Gasteiger partial charge < -0.3 is 10.2 Å². The van der Waals surface area contributed by atoms with Crippen molar-refractivity contribution in [2.24, 2.45) is 5.92 Å². The van der Waals surface area contributed by atoms with Crippen LogP contribution >= 0.6 is 0 Å². The zero-order valence-corrected chi connectivity index (χ0v) is 11.3. The van der Waals surface area contributed by atoms with Gasteiger partial charge in [0.2, 0.25) is 0 Å². The molecule has 1 saturated carbocycles. The predicted molar refractivity (Wildman–Crippen MR) is 75.6 cm³/mol. The van der Waals surface area contributed by atoms with Crippen LogP contribution in [-0.4, -0.2) is 30.6 Å². The average Bonchev–Trinajstić information content (AvgIpc) is 3.19. The number of likely N-dealkylation sites (tertiary alicyclic amines) is 1. The highest BCUT2D eigenvalue weighted by Gasteiger charge is 2.33. The third kappa shape index (κ3) is 3.15. The molecule has 1 N–H and O–H groups in total. The minimum Gasteiger partial charge on any atom is -0.312 e. The van der Waals surface area contributed by atoms with Crippen LogP contribution < -0.4 is 5.32 Å². The average molecular weight is 255 g/mol. The van der Waals surface area contributed by atoms with E-state index in [0.29, 0.717) is 0 Å². The number of nitrogens with one attached hydrogen (secondary N) is 1. The first-order valence-electron chi connectivity index (χ1n) is 7.29. The van der Waals surface area contributed by atoms with E-state index in [1.807, 2.05) is 24.3 Å². The minimum atomic E-state index is 0.787. The molecule has 1 aliphatic carbocycles. The van der Waals surface area contributed by atoms with Crippen molar-refractivity contribution in [1.82, 2.24) is 10.2 Å². The van der Waals surface area contributed by atoms with Gasteiger partial charge in [0.05, 0.1) is 11.6 Å². The summed E-state index contributed by atoms with van der Waals surface area (Å²) in [7, 11) is 0. The predicted octanol–water partition coefficient (Wildman–Crippen LogP) is 2.13. The van der Waals surface area contributed by atoms with Crippen LogP contribution in [0.4, 0.5) is 0 Å². The lowest BCUT2D eigenvalue weighted by Crippen LogP contribution is -2.27. The second kappa shape index (κ2) is 5.73. The van der Waals surface area contributed by atoms with E-state index >= 15 is 0 Å². The Morgan fingerprint density at radius 1 is 1.26 bits per heavy atom. The first-order chi connectivity index (χ1) is 9.36. The zero-order valence-electron chi connectivity index (χ0n) is 11.3. The summed E-state index contributed by atoms with van der Waals surface area (Å²) in [5.74, 6) is 0.787. The summed E-state index contributed by atoms with van der Waals surface area (Å²) in [4.78, 5) is 2.65. The van der Waals surface area contributed by atoms with Gasteiger partial charge in [-0.05, 0) is 49.9 Å². The first kappa shape index (κ1) is 12.7.